The third kappa shape index (κ3) is 2.90. The van der Waals surface area contributed by atoms with Crippen molar-refractivity contribution in [2.45, 2.75) is 19.4 Å². The van der Waals surface area contributed by atoms with Crippen LogP contribution in [0.2, 0.25) is 0 Å². The Morgan fingerprint density at radius 1 is 1.44 bits per heavy atom. The minimum atomic E-state index is -0.0244. The smallest absolute Gasteiger partial charge is 0.0843 e. The molecule has 0 fully saturated rings. The fourth-order valence-electron chi connectivity index (χ4n) is 1.76. The molecule has 7 heteroatoms. The maximum absolute atomic E-state index is 6.26. The molecule has 2 aromatic heterocycles. The first-order valence-electron chi connectivity index (χ1n) is 5.28. The third-order valence-electron chi connectivity index (χ3n) is 2.70. The predicted molar refractivity (Wildman–Crippen MR) is 86.0 cm³/mol. The second-order valence-corrected chi connectivity index (χ2v) is 8.10. The van der Waals surface area contributed by atoms with Crippen molar-refractivity contribution in [3.8, 4) is 0 Å². The quantitative estimate of drug-likeness (QED) is 0.745. The third-order valence-corrected chi connectivity index (χ3v) is 7.12. The highest BCUT2D eigenvalue weighted by molar-refractivity contribution is 9.13. The monoisotopic (exact) mass is 455 g/mol. The number of aryl methyl sites for hydroxylation is 2. The van der Waals surface area contributed by atoms with Gasteiger partial charge in [0.25, 0.3) is 0 Å². The van der Waals surface area contributed by atoms with E-state index in [1.807, 2.05) is 18.7 Å². The predicted octanol–water partition coefficient (Wildman–Crippen LogP) is 4.32. The molecule has 0 saturated carbocycles. The molecule has 2 heterocycles. The van der Waals surface area contributed by atoms with Crippen molar-refractivity contribution in [1.29, 1.82) is 0 Å². The highest BCUT2D eigenvalue weighted by Crippen LogP contribution is 2.36. The molecule has 2 rings (SSSR count). The highest BCUT2D eigenvalue weighted by Gasteiger charge is 2.17. The lowest BCUT2D eigenvalue weighted by Crippen LogP contribution is -2.14. The molecule has 0 radical (unpaired) electrons. The van der Waals surface area contributed by atoms with Gasteiger partial charge in [-0.1, -0.05) is 0 Å². The van der Waals surface area contributed by atoms with E-state index in [9.17, 15) is 0 Å². The fraction of sp³-hybridized carbons (Fsp3) is 0.364. The van der Waals surface area contributed by atoms with E-state index >= 15 is 0 Å². The second-order valence-electron chi connectivity index (χ2n) is 4.05. The van der Waals surface area contributed by atoms with Crippen molar-refractivity contribution in [3.63, 3.8) is 0 Å². The second kappa shape index (κ2) is 5.75. The molecular weight excluding hydrogens is 446 g/mol. The Morgan fingerprint density at radius 3 is 2.56 bits per heavy atom. The van der Waals surface area contributed by atoms with Gasteiger partial charge in [0.05, 0.1) is 19.6 Å². The van der Waals surface area contributed by atoms with E-state index < -0.39 is 0 Å². The molecule has 0 aliphatic rings. The van der Waals surface area contributed by atoms with Crippen molar-refractivity contribution in [2.75, 3.05) is 0 Å². The zero-order valence-electron chi connectivity index (χ0n) is 9.88. The highest BCUT2D eigenvalue weighted by atomic mass is 79.9. The molecule has 3 nitrogen and oxygen atoms in total. The zero-order valence-corrected chi connectivity index (χ0v) is 15.5. The summed E-state index contributed by atoms with van der Waals surface area (Å²) in [5.74, 6) is 0. The largest absolute Gasteiger partial charge is 0.323 e. The van der Waals surface area contributed by atoms with Gasteiger partial charge < -0.3 is 5.73 Å². The summed E-state index contributed by atoms with van der Waals surface area (Å²) in [6.07, 6.45) is 0.761. The molecule has 0 aliphatic heterocycles. The number of nitrogens with zero attached hydrogens (tertiary/aromatic N) is 2. The molecule has 2 aromatic rings. The van der Waals surface area contributed by atoms with Crippen molar-refractivity contribution < 1.29 is 0 Å². The number of nitrogens with two attached hydrogens (primary N) is 1. The summed E-state index contributed by atoms with van der Waals surface area (Å²) in [5, 5.41) is 4.38. The van der Waals surface area contributed by atoms with Gasteiger partial charge in [-0.15, -0.1) is 11.3 Å². The lowest BCUT2D eigenvalue weighted by atomic mass is 10.1. The molecule has 0 spiro atoms. The Hall–Kier alpha value is 0.310. The minimum Gasteiger partial charge on any atom is -0.323 e. The maximum Gasteiger partial charge on any atom is 0.0843 e. The molecule has 2 N–H and O–H groups in total. The maximum atomic E-state index is 6.26. The molecule has 0 amide bonds. The van der Waals surface area contributed by atoms with Gasteiger partial charge >= 0.3 is 0 Å². The van der Waals surface area contributed by atoms with Crippen LogP contribution in [0.3, 0.4) is 0 Å². The molecule has 1 unspecified atom stereocenters. The van der Waals surface area contributed by atoms with Crippen LogP contribution in [0.15, 0.2) is 18.8 Å². The van der Waals surface area contributed by atoms with Crippen molar-refractivity contribution in [3.05, 3.63) is 35.1 Å². The average Bonchev–Trinajstić information content (AvgIpc) is 2.75. The molecule has 18 heavy (non-hydrogen) atoms. The molecule has 1 atom stereocenters. The number of hydrogen-bond acceptors (Lipinski definition) is 3. The van der Waals surface area contributed by atoms with Crippen molar-refractivity contribution >= 4 is 59.1 Å². The first-order valence-corrected chi connectivity index (χ1v) is 8.48. The number of halogens is 3. The number of hydrogen-bond donors (Lipinski definition) is 1. The summed E-state index contributed by atoms with van der Waals surface area (Å²) < 4.78 is 5.07. The Bertz CT molecular complexity index is 557. The number of rotatable bonds is 3. The number of aromatic nitrogens is 2. The summed E-state index contributed by atoms with van der Waals surface area (Å²) in [4.78, 5) is 1.15. The summed E-state index contributed by atoms with van der Waals surface area (Å²) in [5.41, 5.74) is 8.38. The van der Waals surface area contributed by atoms with Crippen molar-refractivity contribution in [2.24, 2.45) is 12.8 Å². The van der Waals surface area contributed by atoms with Gasteiger partial charge in [0.15, 0.2) is 0 Å². The van der Waals surface area contributed by atoms with Crippen LogP contribution in [0.1, 0.15) is 22.3 Å². The Morgan fingerprint density at radius 2 is 2.11 bits per heavy atom. The van der Waals surface area contributed by atoms with Gasteiger partial charge in [0.2, 0.25) is 0 Å². The first kappa shape index (κ1) is 14.7. The molecular formula is C11H12Br3N3S. The Balaban J connectivity index is 2.23. The van der Waals surface area contributed by atoms with Gasteiger partial charge in [0, 0.05) is 28.9 Å². The van der Waals surface area contributed by atoms with Gasteiger partial charge in [-0.25, -0.2) is 0 Å². The SMILES string of the molecule is Cc1nn(C)c(CC(N)c2cc(Br)c(Br)s2)c1Br. The van der Waals surface area contributed by atoms with Crippen LogP contribution in [0, 0.1) is 6.92 Å². The molecule has 98 valence electrons. The zero-order chi connectivity index (χ0) is 13.4. The van der Waals surface area contributed by atoms with E-state index in [4.69, 9.17) is 5.73 Å². The number of thiophene rings is 1. The van der Waals surface area contributed by atoms with E-state index in [1.54, 1.807) is 11.3 Å². The van der Waals surface area contributed by atoms with Gasteiger partial charge in [0.1, 0.15) is 0 Å². The van der Waals surface area contributed by atoms with E-state index in [0.29, 0.717) is 0 Å². The summed E-state index contributed by atoms with van der Waals surface area (Å²) in [7, 11) is 1.94. The Labute approximate surface area is 135 Å². The van der Waals surface area contributed by atoms with E-state index in [0.717, 1.165) is 35.4 Å². The summed E-state index contributed by atoms with van der Waals surface area (Å²) >= 11 is 12.2. The molecule has 0 bridgehead atoms. The fourth-order valence-corrected chi connectivity index (χ4v) is 4.35. The van der Waals surface area contributed by atoms with Crippen LogP contribution < -0.4 is 5.73 Å². The van der Waals surface area contributed by atoms with Crippen LogP contribution in [0.25, 0.3) is 0 Å². The van der Waals surface area contributed by atoms with Crippen LogP contribution in [-0.2, 0) is 13.5 Å². The summed E-state index contributed by atoms with van der Waals surface area (Å²) in [6, 6.07) is 2.04. The standard InChI is InChI=1S/C11H12Br3N3S/c1-5-10(13)8(17(2)16-5)4-7(15)9-3-6(12)11(14)18-9/h3,7H,4,15H2,1-2H3. The van der Waals surface area contributed by atoms with Crippen LogP contribution in [0.5, 0.6) is 0 Å². The van der Waals surface area contributed by atoms with E-state index in [2.05, 4.69) is 59.0 Å². The van der Waals surface area contributed by atoms with Crippen molar-refractivity contribution in [1.82, 2.24) is 9.78 Å². The Kier molecular flexibility index (Phi) is 4.70. The van der Waals surface area contributed by atoms with Crippen LogP contribution in [-0.4, -0.2) is 9.78 Å². The molecule has 0 saturated heterocycles. The van der Waals surface area contributed by atoms with E-state index in [-0.39, 0.29) is 6.04 Å². The normalized spacial score (nSPS) is 13.0. The lowest BCUT2D eigenvalue weighted by Gasteiger charge is -2.10. The minimum absolute atomic E-state index is 0.0244. The topological polar surface area (TPSA) is 43.8 Å². The summed E-state index contributed by atoms with van der Waals surface area (Å²) in [6.45, 7) is 1.98. The molecule has 0 aliphatic carbocycles. The van der Waals surface area contributed by atoms with E-state index in [1.165, 1.54) is 0 Å². The van der Waals surface area contributed by atoms with Gasteiger partial charge in [-0.05, 0) is 60.8 Å². The van der Waals surface area contributed by atoms with Gasteiger partial charge in [-0.3, -0.25) is 4.68 Å². The average molecular weight is 458 g/mol. The van der Waals surface area contributed by atoms with Crippen LogP contribution >= 0.6 is 59.1 Å². The lowest BCUT2D eigenvalue weighted by molar-refractivity contribution is 0.644. The van der Waals surface area contributed by atoms with Crippen LogP contribution in [0.4, 0.5) is 0 Å². The first-order chi connectivity index (χ1) is 8.40. The molecule has 0 aromatic carbocycles. The van der Waals surface area contributed by atoms with Gasteiger partial charge in [-0.2, -0.15) is 5.10 Å².